The molecule has 0 heterocycles. The molecule has 124 valence electrons. The van der Waals surface area contributed by atoms with E-state index in [1.165, 1.54) is 51.5 Å². The summed E-state index contributed by atoms with van der Waals surface area (Å²) in [6.07, 6.45) is 9.14. The zero-order valence-corrected chi connectivity index (χ0v) is 14.5. The van der Waals surface area contributed by atoms with Gasteiger partial charge in [0.05, 0.1) is 0 Å². The van der Waals surface area contributed by atoms with Crippen LogP contribution in [0.25, 0.3) is 0 Å². The van der Waals surface area contributed by atoms with E-state index in [1.807, 2.05) is 0 Å². The van der Waals surface area contributed by atoms with E-state index in [0.717, 1.165) is 32.1 Å². The summed E-state index contributed by atoms with van der Waals surface area (Å²) in [5, 5.41) is 6.99. The van der Waals surface area contributed by atoms with Gasteiger partial charge >= 0.3 is 0 Å². The van der Waals surface area contributed by atoms with Crippen LogP contribution in [-0.2, 0) is 0 Å². The first-order chi connectivity index (χ1) is 10.3. The van der Waals surface area contributed by atoms with Gasteiger partial charge in [0.15, 0.2) is 5.96 Å². The van der Waals surface area contributed by atoms with Crippen molar-refractivity contribution in [3.8, 4) is 0 Å². The average molecular weight is 297 g/mol. The van der Waals surface area contributed by atoms with Crippen LogP contribution in [0.2, 0.25) is 0 Å². The predicted octanol–water partition coefficient (Wildman–Crippen LogP) is 3.00. The highest BCUT2D eigenvalue weighted by molar-refractivity contribution is 5.80. The van der Waals surface area contributed by atoms with Crippen LogP contribution in [-0.4, -0.2) is 49.6 Å². The van der Waals surface area contributed by atoms with Crippen molar-refractivity contribution in [2.24, 2.45) is 4.99 Å². The molecule has 0 spiro atoms. The monoisotopic (exact) mass is 296 g/mol. The molecule has 0 unspecified atom stereocenters. The number of rotatable bonds is 9. The van der Waals surface area contributed by atoms with Gasteiger partial charge in [0.2, 0.25) is 0 Å². The molecular formula is C17H36N4. The second kappa shape index (κ2) is 11.8. The molecule has 2 N–H and O–H groups in total. The third-order valence-electron chi connectivity index (χ3n) is 4.34. The summed E-state index contributed by atoms with van der Waals surface area (Å²) in [6, 6.07) is 0.632. The molecule has 0 aliphatic heterocycles. The Morgan fingerprint density at radius 1 is 1.05 bits per heavy atom. The van der Waals surface area contributed by atoms with Crippen molar-refractivity contribution in [2.45, 2.75) is 71.8 Å². The molecule has 1 rings (SSSR count). The Labute approximate surface area is 131 Å². The van der Waals surface area contributed by atoms with Crippen molar-refractivity contribution < 1.29 is 0 Å². The second-order valence-electron chi connectivity index (χ2n) is 5.97. The van der Waals surface area contributed by atoms with Gasteiger partial charge in [-0.15, -0.1) is 0 Å². The van der Waals surface area contributed by atoms with Crippen LogP contribution in [0, 0.1) is 0 Å². The van der Waals surface area contributed by atoms with Crippen molar-refractivity contribution >= 4 is 5.96 Å². The lowest BCUT2D eigenvalue weighted by Gasteiger charge is -2.25. The number of nitrogens with one attached hydrogen (secondary N) is 2. The molecule has 4 nitrogen and oxygen atoms in total. The minimum atomic E-state index is 0.632. The summed E-state index contributed by atoms with van der Waals surface area (Å²) < 4.78 is 0. The van der Waals surface area contributed by atoms with E-state index in [0.29, 0.717) is 6.04 Å². The van der Waals surface area contributed by atoms with E-state index in [2.05, 4.69) is 36.3 Å². The largest absolute Gasteiger partial charge is 0.357 e. The van der Waals surface area contributed by atoms with Crippen LogP contribution >= 0.6 is 0 Å². The SMILES string of the molecule is CCNC(=NCCCCN(CC)CC)NC1CCCCC1. The molecule has 1 fully saturated rings. The summed E-state index contributed by atoms with van der Waals surface area (Å²) in [5.74, 6) is 1.02. The van der Waals surface area contributed by atoms with Gasteiger partial charge < -0.3 is 15.5 Å². The summed E-state index contributed by atoms with van der Waals surface area (Å²) in [7, 11) is 0. The zero-order valence-electron chi connectivity index (χ0n) is 14.5. The van der Waals surface area contributed by atoms with Crippen LogP contribution in [0.5, 0.6) is 0 Å². The number of unbranched alkanes of at least 4 members (excludes halogenated alkanes) is 1. The Bertz CT molecular complexity index is 268. The molecule has 0 bridgehead atoms. The third-order valence-corrected chi connectivity index (χ3v) is 4.34. The fourth-order valence-electron chi connectivity index (χ4n) is 2.94. The topological polar surface area (TPSA) is 39.7 Å². The van der Waals surface area contributed by atoms with Crippen molar-refractivity contribution in [1.82, 2.24) is 15.5 Å². The lowest BCUT2D eigenvalue weighted by Crippen LogP contribution is -2.44. The molecule has 1 aliphatic rings. The maximum absolute atomic E-state index is 4.73. The fraction of sp³-hybridized carbons (Fsp3) is 0.941. The first kappa shape index (κ1) is 18.3. The lowest BCUT2D eigenvalue weighted by molar-refractivity contribution is 0.297. The summed E-state index contributed by atoms with van der Waals surface area (Å²) in [5.41, 5.74) is 0. The van der Waals surface area contributed by atoms with Crippen LogP contribution in [0.4, 0.5) is 0 Å². The van der Waals surface area contributed by atoms with E-state index in [1.54, 1.807) is 0 Å². The standard InChI is InChI=1S/C17H36N4/c1-4-18-17(20-16-12-8-7-9-13-16)19-14-10-11-15-21(5-2)6-3/h16H,4-15H2,1-3H3,(H2,18,19,20). The van der Waals surface area contributed by atoms with Gasteiger partial charge in [0, 0.05) is 19.1 Å². The van der Waals surface area contributed by atoms with Crippen molar-refractivity contribution in [1.29, 1.82) is 0 Å². The minimum absolute atomic E-state index is 0.632. The van der Waals surface area contributed by atoms with Gasteiger partial charge in [0.1, 0.15) is 0 Å². The Morgan fingerprint density at radius 2 is 1.76 bits per heavy atom. The first-order valence-corrected chi connectivity index (χ1v) is 9.07. The van der Waals surface area contributed by atoms with E-state index in [-0.39, 0.29) is 0 Å². The quantitative estimate of drug-likeness (QED) is 0.390. The van der Waals surface area contributed by atoms with E-state index < -0.39 is 0 Å². The van der Waals surface area contributed by atoms with Crippen molar-refractivity contribution in [2.75, 3.05) is 32.7 Å². The highest BCUT2D eigenvalue weighted by Gasteiger charge is 2.14. The molecule has 0 aromatic rings. The van der Waals surface area contributed by atoms with Crippen molar-refractivity contribution in [3.63, 3.8) is 0 Å². The molecule has 21 heavy (non-hydrogen) atoms. The van der Waals surface area contributed by atoms with Gasteiger partial charge in [-0.05, 0) is 52.2 Å². The predicted molar refractivity (Wildman–Crippen MR) is 93.0 cm³/mol. The number of aliphatic imine (C=N–C) groups is 1. The number of hydrogen-bond acceptors (Lipinski definition) is 2. The third kappa shape index (κ3) is 8.30. The summed E-state index contributed by atoms with van der Waals surface area (Å²) in [4.78, 5) is 7.21. The van der Waals surface area contributed by atoms with Crippen molar-refractivity contribution in [3.05, 3.63) is 0 Å². The van der Waals surface area contributed by atoms with Crippen LogP contribution in [0.1, 0.15) is 65.7 Å². The molecule has 0 radical (unpaired) electrons. The van der Waals surface area contributed by atoms with E-state index in [4.69, 9.17) is 4.99 Å². The number of hydrogen-bond donors (Lipinski definition) is 2. The van der Waals surface area contributed by atoms with E-state index in [9.17, 15) is 0 Å². The molecule has 1 saturated carbocycles. The lowest BCUT2D eigenvalue weighted by atomic mass is 9.96. The Kier molecular flexibility index (Phi) is 10.3. The minimum Gasteiger partial charge on any atom is -0.357 e. The molecule has 0 atom stereocenters. The molecule has 0 saturated heterocycles. The Hall–Kier alpha value is -0.770. The van der Waals surface area contributed by atoms with Crippen LogP contribution < -0.4 is 10.6 Å². The molecule has 1 aliphatic carbocycles. The van der Waals surface area contributed by atoms with Crippen LogP contribution in [0.15, 0.2) is 4.99 Å². The zero-order chi connectivity index (χ0) is 15.3. The van der Waals surface area contributed by atoms with Gasteiger partial charge in [-0.3, -0.25) is 4.99 Å². The highest BCUT2D eigenvalue weighted by atomic mass is 15.2. The molecule has 0 amide bonds. The first-order valence-electron chi connectivity index (χ1n) is 9.07. The van der Waals surface area contributed by atoms with Crippen LogP contribution in [0.3, 0.4) is 0 Å². The second-order valence-corrected chi connectivity index (χ2v) is 5.97. The number of nitrogens with zero attached hydrogens (tertiary/aromatic N) is 2. The maximum Gasteiger partial charge on any atom is 0.191 e. The fourth-order valence-corrected chi connectivity index (χ4v) is 2.94. The molecule has 0 aromatic heterocycles. The summed E-state index contributed by atoms with van der Waals surface area (Å²) in [6.45, 7) is 12.0. The van der Waals surface area contributed by atoms with Gasteiger partial charge in [0.25, 0.3) is 0 Å². The van der Waals surface area contributed by atoms with E-state index >= 15 is 0 Å². The van der Waals surface area contributed by atoms with Gasteiger partial charge in [-0.1, -0.05) is 33.1 Å². The maximum atomic E-state index is 4.73. The Morgan fingerprint density at radius 3 is 2.38 bits per heavy atom. The smallest absolute Gasteiger partial charge is 0.191 e. The molecule has 0 aromatic carbocycles. The Balaban J connectivity index is 2.23. The van der Waals surface area contributed by atoms with Gasteiger partial charge in [-0.25, -0.2) is 0 Å². The highest BCUT2D eigenvalue weighted by Crippen LogP contribution is 2.17. The molecule has 4 heteroatoms. The average Bonchev–Trinajstić information content (AvgIpc) is 2.52. The molecular weight excluding hydrogens is 260 g/mol. The summed E-state index contributed by atoms with van der Waals surface area (Å²) >= 11 is 0. The number of guanidine groups is 1. The normalized spacial score (nSPS) is 17.2. The van der Waals surface area contributed by atoms with Gasteiger partial charge in [-0.2, -0.15) is 0 Å².